The maximum Gasteiger partial charge on any atom is 0.319 e. The van der Waals surface area contributed by atoms with E-state index < -0.39 is 16.1 Å². The molecule has 1 aliphatic heterocycles. The number of nitrogens with zero attached hydrogens (tertiary/aromatic N) is 1. The van der Waals surface area contributed by atoms with Gasteiger partial charge in [0.15, 0.2) is 0 Å². The highest BCUT2D eigenvalue weighted by atomic mass is 35.5. The summed E-state index contributed by atoms with van der Waals surface area (Å²) in [6.45, 7) is 3.64. The number of halogens is 1. The number of benzene rings is 3. The number of amides is 2. The van der Waals surface area contributed by atoms with Gasteiger partial charge in [0, 0.05) is 29.5 Å². The number of urea groups is 1. The average Bonchev–Trinajstić information content (AvgIpc) is 2.79. The van der Waals surface area contributed by atoms with Gasteiger partial charge in [0.2, 0.25) is 0 Å². The van der Waals surface area contributed by atoms with E-state index in [2.05, 4.69) is 27.3 Å². The van der Waals surface area contributed by atoms with E-state index >= 15 is 0 Å². The number of fused-ring (bicyclic) bond motifs is 1. The van der Waals surface area contributed by atoms with Crippen LogP contribution in [0, 0.1) is 0 Å². The number of rotatable bonds is 6. The molecule has 1 aliphatic rings. The zero-order valence-electron chi connectivity index (χ0n) is 19.0. The number of nitrogens with one attached hydrogen (secondary N) is 3. The summed E-state index contributed by atoms with van der Waals surface area (Å²) in [5.74, 6) is 0. The van der Waals surface area contributed by atoms with Gasteiger partial charge in [-0.15, -0.1) is 0 Å². The van der Waals surface area contributed by atoms with Crippen LogP contribution in [0.3, 0.4) is 0 Å². The van der Waals surface area contributed by atoms with Crippen molar-refractivity contribution >= 4 is 39.0 Å². The van der Waals surface area contributed by atoms with Crippen molar-refractivity contribution < 1.29 is 13.2 Å². The van der Waals surface area contributed by atoms with Crippen molar-refractivity contribution in [1.82, 2.24) is 10.2 Å². The molecule has 9 heteroatoms. The molecule has 0 radical (unpaired) electrons. The number of sulfonamides is 1. The number of hydrogen-bond acceptors (Lipinski definition) is 4. The molecular formula is C25H27ClN4O3S. The standard InChI is InChI=1S/C25H27ClN4O3S/c1-17(23-5-3-4-6-24(23)26)27-25(31)28-20-9-11-22(12-10-20)34(32,33)29-21-8-7-19-16-30(2)14-13-18(19)15-21/h3-12,15,17,29H,13-14,16H2,1-2H3,(H2,27,28,31). The highest BCUT2D eigenvalue weighted by Gasteiger charge is 2.18. The Balaban J connectivity index is 1.39. The second kappa shape index (κ2) is 10.0. The third-order valence-corrected chi connectivity index (χ3v) is 7.54. The van der Waals surface area contributed by atoms with Crippen LogP contribution in [-0.4, -0.2) is 32.9 Å². The van der Waals surface area contributed by atoms with Crippen LogP contribution in [0.2, 0.25) is 5.02 Å². The van der Waals surface area contributed by atoms with Crippen molar-refractivity contribution in [3.63, 3.8) is 0 Å². The summed E-state index contributed by atoms with van der Waals surface area (Å²) in [4.78, 5) is 14.7. The molecule has 0 saturated heterocycles. The maximum atomic E-state index is 12.9. The highest BCUT2D eigenvalue weighted by Crippen LogP contribution is 2.25. The summed E-state index contributed by atoms with van der Waals surface area (Å²) in [6, 6.07) is 18.3. The highest BCUT2D eigenvalue weighted by molar-refractivity contribution is 7.92. The van der Waals surface area contributed by atoms with Gasteiger partial charge in [0.05, 0.1) is 10.9 Å². The molecule has 178 valence electrons. The monoisotopic (exact) mass is 498 g/mol. The summed E-state index contributed by atoms with van der Waals surface area (Å²) in [5, 5.41) is 6.11. The van der Waals surface area contributed by atoms with Crippen LogP contribution in [0.15, 0.2) is 71.6 Å². The smallest absolute Gasteiger partial charge is 0.319 e. The van der Waals surface area contributed by atoms with E-state index in [1.165, 1.54) is 17.7 Å². The van der Waals surface area contributed by atoms with E-state index in [0.29, 0.717) is 16.4 Å². The largest absolute Gasteiger partial charge is 0.331 e. The van der Waals surface area contributed by atoms with Gasteiger partial charge in [-0.25, -0.2) is 13.2 Å². The summed E-state index contributed by atoms with van der Waals surface area (Å²) < 4.78 is 28.4. The SMILES string of the molecule is CC(NC(=O)Nc1ccc(S(=O)(=O)Nc2ccc3c(c2)CCN(C)C3)cc1)c1ccccc1Cl. The lowest BCUT2D eigenvalue weighted by molar-refractivity contribution is 0.249. The fourth-order valence-electron chi connectivity index (χ4n) is 3.96. The van der Waals surface area contributed by atoms with E-state index in [0.717, 1.165) is 30.6 Å². The van der Waals surface area contributed by atoms with Gasteiger partial charge in [-0.3, -0.25) is 4.72 Å². The Kier molecular flexibility index (Phi) is 7.11. The molecule has 0 bridgehead atoms. The van der Waals surface area contributed by atoms with Crippen LogP contribution in [0.25, 0.3) is 0 Å². The Morgan fingerprint density at radius 2 is 1.71 bits per heavy atom. The molecule has 4 rings (SSSR count). The van der Waals surface area contributed by atoms with Crippen LogP contribution in [0.5, 0.6) is 0 Å². The quantitative estimate of drug-likeness (QED) is 0.445. The maximum absolute atomic E-state index is 12.9. The number of carbonyl (C=O) groups is 1. The Morgan fingerprint density at radius 3 is 2.44 bits per heavy atom. The molecule has 0 aromatic heterocycles. The third-order valence-electron chi connectivity index (χ3n) is 5.80. The molecule has 1 atom stereocenters. The number of carbonyl (C=O) groups excluding carboxylic acids is 1. The fraction of sp³-hybridized carbons (Fsp3) is 0.240. The van der Waals surface area contributed by atoms with Crippen molar-refractivity contribution in [3.8, 4) is 0 Å². The number of hydrogen-bond donors (Lipinski definition) is 3. The van der Waals surface area contributed by atoms with Crippen LogP contribution in [0.4, 0.5) is 16.2 Å². The number of likely N-dealkylation sites (N-methyl/N-ethyl adjacent to an activating group) is 1. The molecule has 7 nitrogen and oxygen atoms in total. The molecular weight excluding hydrogens is 472 g/mol. The van der Waals surface area contributed by atoms with Crippen LogP contribution < -0.4 is 15.4 Å². The molecule has 0 saturated carbocycles. The first-order valence-electron chi connectivity index (χ1n) is 11.0. The molecule has 0 fully saturated rings. The van der Waals surface area contributed by atoms with E-state index in [1.54, 1.807) is 24.3 Å². The number of anilines is 2. The van der Waals surface area contributed by atoms with Gasteiger partial charge in [0.1, 0.15) is 0 Å². The predicted octanol–water partition coefficient (Wildman–Crippen LogP) is 5.01. The first-order valence-corrected chi connectivity index (χ1v) is 12.8. The van der Waals surface area contributed by atoms with Gasteiger partial charge in [-0.1, -0.05) is 35.9 Å². The van der Waals surface area contributed by atoms with E-state index in [-0.39, 0.29) is 10.9 Å². The summed E-state index contributed by atoms with van der Waals surface area (Å²) in [7, 11) is -1.69. The van der Waals surface area contributed by atoms with E-state index in [1.807, 2.05) is 37.3 Å². The van der Waals surface area contributed by atoms with Crippen LogP contribution >= 0.6 is 11.6 Å². The molecule has 34 heavy (non-hydrogen) atoms. The van der Waals surface area contributed by atoms with Crippen molar-refractivity contribution in [2.75, 3.05) is 23.6 Å². The first kappa shape index (κ1) is 24.1. The lowest BCUT2D eigenvalue weighted by atomic mass is 10.00. The Hall–Kier alpha value is -3.07. The molecule has 0 spiro atoms. The van der Waals surface area contributed by atoms with Crippen molar-refractivity contribution in [1.29, 1.82) is 0 Å². The fourth-order valence-corrected chi connectivity index (χ4v) is 5.31. The van der Waals surface area contributed by atoms with Crippen molar-refractivity contribution in [3.05, 3.63) is 88.4 Å². The summed E-state index contributed by atoms with van der Waals surface area (Å²) >= 11 is 6.19. The van der Waals surface area contributed by atoms with Gasteiger partial charge >= 0.3 is 6.03 Å². The lowest BCUT2D eigenvalue weighted by Gasteiger charge is -2.25. The second-order valence-electron chi connectivity index (χ2n) is 8.44. The zero-order chi connectivity index (χ0) is 24.3. The van der Waals surface area contributed by atoms with E-state index in [4.69, 9.17) is 11.6 Å². The minimum Gasteiger partial charge on any atom is -0.331 e. The Labute approximate surface area is 205 Å². The second-order valence-corrected chi connectivity index (χ2v) is 10.5. The molecule has 3 aromatic carbocycles. The molecule has 1 unspecified atom stereocenters. The molecule has 3 aromatic rings. The topological polar surface area (TPSA) is 90.5 Å². The minimum atomic E-state index is -3.76. The molecule has 1 heterocycles. The van der Waals surface area contributed by atoms with Crippen molar-refractivity contribution in [2.45, 2.75) is 30.8 Å². The molecule has 0 aliphatic carbocycles. The molecule has 2 amide bonds. The predicted molar refractivity (Wildman–Crippen MR) is 136 cm³/mol. The van der Waals surface area contributed by atoms with Gasteiger partial charge in [0.25, 0.3) is 10.0 Å². The van der Waals surface area contributed by atoms with Gasteiger partial charge in [-0.05, 0) is 79.5 Å². The normalized spacial score (nSPS) is 14.7. The van der Waals surface area contributed by atoms with Gasteiger partial charge < -0.3 is 15.5 Å². The average molecular weight is 499 g/mol. The van der Waals surface area contributed by atoms with Crippen molar-refractivity contribution in [2.24, 2.45) is 0 Å². The third kappa shape index (κ3) is 5.70. The molecule has 3 N–H and O–H groups in total. The lowest BCUT2D eigenvalue weighted by Crippen LogP contribution is -2.31. The summed E-state index contributed by atoms with van der Waals surface area (Å²) in [5.41, 5.74) is 4.20. The van der Waals surface area contributed by atoms with Crippen LogP contribution in [-0.2, 0) is 23.0 Å². The Morgan fingerprint density at radius 1 is 1.00 bits per heavy atom. The van der Waals surface area contributed by atoms with Gasteiger partial charge in [-0.2, -0.15) is 0 Å². The van der Waals surface area contributed by atoms with E-state index in [9.17, 15) is 13.2 Å². The minimum absolute atomic E-state index is 0.111. The Bertz CT molecular complexity index is 1300. The summed E-state index contributed by atoms with van der Waals surface area (Å²) in [6.07, 6.45) is 0.888. The zero-order valence-corrected chi connectivity index (χ0v) is 20.6. The van der Waals surface area contributed by atoms with Crippen LogP contribution in [0.1, 0.15) is 29.7 Å². The first-order chi connectivity index (χ1) is 16.2.